The molecule has 1 saturated heterocycles. The van der Waals surface area contributed by atoms with Crippen LogP contribution >= 0.6 is 11.5 Å². The van der Waals surface area contributed by atoms with Crippen LogP contribution < -0.4 is 11.1 Å². The van der Waals surface area contributed by atoms with E-state index in [2.05, 4.69) is 21.6 Å². The van der Waals surface area contributed by atoms with Crippen LogP contribution in [0.1, 0.15) is 19.8 Å². The second-order valence-electron chi connectivity index (χ2n) is 3.70. The molecule has 2 atom stereocenters. The lowest BCUT2D eigenvalue weighted by atomic mass is 10.00. The van der Waals surface area contributed by atoms with E-state index in [4.69, 9.17) is 10.5 Å². The molecule has 3 N–H and O–H groups in total. The largest absolute Gasteiger partial charge is 0.378 e. The van der Waals surface area contributed by atoms with Crippen molar-refractivity contribution in [2.24, 2.45) is 5.92 Å². The molecule has 0 bridgehead atoms. The Labute approximate surface area is 93.2 Å². The summed E-state index contributed by atoms with van der Waals surface area (Å²) in [5, 5.41) is 4.06. The minimum absolute atomic E-state index is 0.345. The summed E-state index contributed by atoms with van der Waals surface area (Å²) in [6.45, 7) is 3.93. The number of hydrogen-bond donors (Lipinski definition) is 2. The Hall–Kier alpha value is -0.880. The first-order chi connectivity index (χ1) is 7.29. The lowest BCUT2D eigenvalue weighted by Crippen LogP contribution is -2.22. The van der Waals surface area contributed by atoms with Crippen molar-refractivity contribution in [3.8, 4) is 0 Å². The van der Waals surface area contributed by atoms with Crippen molar-refractivity contribution in [3.63, 3.8) is 0 Å². The lowest BCUT2D eigenvalue weighted by Gasteiger charge is -2.16. The Morgan fingerprint density at radius 3 is 3.20 bits per heavy atom. The third-order valence-electron chi connectivity index (χ3n) is 2.71. The Bertz CT molecular complexity index is 317. The van der Waals surface area contributed by atoms with Gasteiger partial charge in [-0.25, -0.2) is 0 Å². The summed E-state index contributed by atoms with van der Waals surface area (Å²) in [4.78, 5) is 4.06. The van der Waals surface area contributed by atoms with Gasteiger partial charge in [-0.2, -0.15) is 9.36 Å². The summed E-state index contributed by atoms with van der Waals surface area (Å²) < 4.78 is 9.53. The molecule has 1 aromatic heterocycles. The van der Waals surface area contributed by atoms with Gasteiger partial charge < -0.3 is 15.8 Å². The minimum atomic E-state index is 0.345. The number of anilines is 2. The van der Waals surface area contributed by atoms with Crippen molar-refractivity contribution in [2.45, 2.75) is 25.9 Å². The average molecular weight is 228 g/mol. The van der Waals surface area contributed by atoms with Crippen molar-refractivity contribution in [2.75, 3.05) is 24.2 Å². The van der Waals surface area contributed by atoms with Gasteiger partial charge in [-0.15, -0.1) is 0 Å². The zero-order chi connectivity index (χ0) is 10.7. The second kappa shape index (κ2) is 4.76. The molecule has 5 nitrogen and oxygen atoms in total. The van der Waals surface area contributed by atoms with Gasteiger partial charge in [-0.05, 0) is 12.8 Å². The molecule has 15 heavy (non-hydrogen) atoms. The maximum Gasteiger partial charge on any atom is 0.233 e. The predicted molar refractivity (Wildman–Crippen MR) is 60.9 cm³/mol. The van der Waals surface area contributed by atoms with Crippen LogP contribution in [0.25, 0.3) is 0 Å². The maximum absolute atomic E-state index is 5.61. The Morgan fingerprint density at radius 1 is 1.67 bits per heavy atom. The molecule has 84 valence electrons. The fourth-order valence-corrected chi connectivity index (χ4v) is 2.41. The van der Waals surface area contributed by atoms with Gasteiger partial charge in [-0.1, -0.05) is 6.92 Å². The van der Waals surface area contributed by atoms with Gasteiger partial charge in [0, 0.05) is 30.6 Å². The smallest absolute Gasteiger partial charge is 0.233 e. The topological polar surface area (TPSA) is 73.1 Å². The normalized spacial score (nSPS) is 25.7. The van der Waals surface area contributed by atoms with E-state index in [9.17, 15) is 0 Å². The molecule has 2 heterocycles. The molecule has 2 unspecified atom stereocenters. The van der Waals surface area contributed by atoms with Crippen molar-refractivity contribution in [1.29, 1.82) is 0 Å². The minimum Gasteiger partial charge on any atom is -0.378 e. The highest BCUT2D eigenvalue weighted by atomic mass is 32.1. The summed E-state index contributed by atoms with van der Waals surface area (Å²) in [7, 11) is 0. The predicted octanol–water partition coefficient (Wildman–Crippen LogP) is 1.35. The number of nitrogens with one attached hydrogen (secondary N) is 1. The highest BCUT2D eigenvalue weighted by molar-refractivity contribution is 7.09. The van der Waals surface area contributed by atoms with Crippen LogP contribution in [0.3, 0.4) is 0 Å². The molecule has 0 spiro atoms. The van der Waals surface area contributed by atoms with E-state index in [1.807, 2.05) is 0 Å². The average Bonchev–Trinajstić information content (AvgIpc) is 2.83. The zero-order valence-corrected chi connectivity index (χ0v) is 9.59. The van der Waals surface area contributed by atoms with Gasteiger partial charge in [0.2, 0.25) is 11.1 Å². The van der Waals surface area contributed by atoms with Gasteiger partial charge in [0.05, 0.1) is 6.10 Å². The van der Waals surface area contributed by atoms with E-state index in [0.29, 0.717) is 18.0 Å². The Kier molecular flexibility index (Phi) is 3.37. The Balaban J connectivity index is 1.82. The van der Waals surface area contributed by atoms with E-state index in [-0.39, 0.29) is 0 Å². The van der Waals surface area contributed by atoms with Crippen LogP contribution in [0.2, 0.25) is 0 Å². The first kappa shape index (κ1) is 10.6. The number of rotatable bonds is 4. The van der Waals surface area contributed by atoms with Gasteiger partial charge in [0.1, 0.15) is 0 Å². The van der Waals surface area contributed by atoms with E-state index in [1.54, 1.807) is 0 Å². The summed E-state index contributed by atoms with van der Waals surface area (Å²) in [6.07, 6.45) is 2.59. The summed E-state index contributed by atoms with van der Waals surface area (Å²) in [5.41, 5.74) is 5.44. The molecule has 2 rings (SSSR count). The van der Waals surface area contributed by atoms with Gasteiger partial charge >= 0.3 is 0 Å². The zero-order valence-electron chi connectivity index (χ0n) is 8.77. The first-order valence-electron chi connectivity index (χ1n) is 5.24. The SMILES string of the molecule is CCC1OCCC1CNc1nc(N)ns1. The van der Waals surface area contributed by atoms with Crippen LogP contribution in [0.5, 0.6) is 0 Å². The highest BCUT2D eigenvalue weighted by Gasteiger charge is 2.26. The molecule has 1 fully saturated rings. The molecule has 0 aromatic carbocycles. The molecule has 6 heteroatoms. The molecule has 0 amide bonds. The fraction of sp³-hybridized carbons (Fsp3) is 0.778. The molecule has 1 aromatic rings. The molecular weight excluding hydrogens is 212 g/mol. The summed E-state index contributed by atoms with van der Waals surface area (Å²) in [6, 6.07) is 0. The lowest BCUT2D eigenvalue weighted by molar-refractivity contribution is 0.0900. The molecular formula is C9H16N4OS. The summed E-state index contributed by atoms with van der Waals surface area (Å²) >= 11 is 1.30. The number of aromatic nitrogens is 2. The van der Waals surface area contributed by atoms with E-state index in [0.717, 1.165) is 31.1 Å². The third kappa shape index (κ3) is 2.57. The molecule has 1 aliphatic heterocycles. The van der Waals surface area contributed by atoms with Crippen molar-refractivity contribution < 1.29 is 4.74 Å². The number of nitrogens with zero attached hydrogens (tertiary/aromatic N) is 2. The van der Waals surface area contributed by atoms with Crippen molar-refractivity contribution in [1.82, 2.24) is 9.36 Å². The van der Waals surface area contributed by atoms with Crippen molar-refractivity contribution >= 4 is 22.6 Å². The van der Waals surface area contributed by atoms with E-state index < -0.39 is 0 Å². The van der Waals surface area contributed by atoms with Crippen molar-refractivity contribution in [3.05, 3.63) is 0 Å². The van der Waals surface area contributed by atoms with Gasteiger partial charge in [0.15, 0.2) is 0 Å². The van der Waals surface area contributed by atoms with Crippen LogP contribution in [0.15, 0.2) is 0 Å². The maximum atomic E-state index is 5.61. The van der Waals surface area contributed by atoms with Gasteiger partial charge in [-0.3, -0.25) is 0 Å². The second-order valence-corrected chi connectivity index (χ2v) is 4.46. The standard InChI is InChI=1S/C9H16N4OS/c1-2-7-6(3-4-14-7)5-11-9-12-8(10)13-15-9/h6-7H,2-5H2,1H3,(H3,10,11,12,13). The van der Waals surface area contributed by atoms with E-state index >= 15 is 0 Å². The number of hydrogen-bond acceptors (Lipinski definition) is 6. The summed E-state index contributed by atoms with van der Waals surface area (Å²) in [5.74, 6) is 0.928. The van der Waals surface area contributed by atoms with E-state index in [1.165, 1.54) is 11.5 Å². The Morgan fingerprint density at radius 2 is 2.53 bits per heavy atom. The van der Waals surface area contributed by atoms with Crippen LogP contribution in [0, 0.1) is 5.92 Å². The number of nitrogens with two attached hydrogens (primary N) is 1. The molecule has 0 aliphatic carbocycles. The van der Waals surface area contributed by atoms with Crippen LogP contribution in [-0.4, -0.2) is 28.6 Å². The van der Waals surface area contributed by atoms with Crippen LogP contribution in [-0.2, 0) is 4.74 Å². The number of ether oxygens (including phenoxy) is 1. The molecule has 1 aliphatic rings. The quantitative estimate of drug-likeness (QED) is 0.813. The highest BCUT2D eigenvalue weighted by Crippen LogP contribution is 2.24. The monoisotopic (exact) mass is 228 g/mol. The van der Waals surface area contributed by atoms with Gasteiger partial charge in [0.25, 0.3) is 0 Å². The first-order valence-corrected chi connectivity index (χ1v) is 6.01. The molecule has 0 radical (unpaired) electrons. The fourth-order valence-electron chi connectivity index (χ4n) is 1.90. The van der Waals surface area contributed by atoms with Crippen LogP contribution in [0.4, 0.5) is 11.1 Å². The molecule has 0 saturated carbocycles. The third-order valence-corrected chi connectivity index (χ3v) is 3.39. The number of nitrogen functional groups attached to an aromatic ring is 1.